The van der Waals surface area contributed by atoms with Gasteiger partial charge in [-0.05, 0) is 66.2 Å². The van der Waals surface area contributed by atoms with E-state index in [9.17, 15) is 0 Å². The average Bonchev–Trinajstić information content (AvgIpc) is 2.33. The van der Waals surface area contributed by atoms with E-state index in [1.54, 1.807) is 0 Å². The first-order valence-electron chi connectivity index (χ1n) is 6.84. The second-order valence-corrected chi connectivity index (χ2v) is 5.49. The van der Waals surface area contributed by atoms with Crippen molar-refractivity contribution in [2.75, 3.05) is 6.61 Å². The maximum Gasteiger partial charge on any atom is 0.133 e. The monoisotopic (exact) mass is 313 g/mol. The summed E-state index contributed by atoms with van der Waals surface area (Å²) in [6, 6.07) is 6.69. The van der Waals surface area contributed by atoms with Crippen LogP contribution in [0.2, 0.25) is 0 Å². The summed E-state index contributed by atoms with van der Waals surface area (Å²) in [7, 11) is 0. The molecule has 0 amide bonds. The Morgan fingerprint density at radius 2 is 2.06 bits per heavy atom. The van der Waals surface area contributed by atoms with Gasteiger partial charge in [-0.1, -0.05) is 19.4 Å². The molecule has 1 aromatic rings. The van der Waals surface area contributed by atoms with E-state index in [4.69, 9.17) is 10.5 Å². The van der Waals surface area contributed by atoms with E-state index in [2.05, 4.69) is 35.0 Å². The third-order valence-corrected chi connectivity index (χ3v) is 3.62. The number of hydrogen-bond donors (Lipinski definition) is 1. The topological polar surface area (TPSA) is 35.2 Å². The summed E-state index contributed by atoms with van der Waals surface area (Å²) in [6.45, 7) is 4.88. The Morgan fingerprint density at radius 3 is 2.67 bits per heavy atom. The van der Waals surface area contributed by atoms with Gasteiger partial charge in [0.25, 0.3) is 0 Å². The SMILES string of the molecule is CCCC(N)CCCc1ccc(OCC)c(Br)c1. The van der Waals surface area contributed by atoms with Crippen molar-refractivity contribution in [2.45, 2.75) is 52.0 Å². The van der Waals surface area contributed by atoms with Crippen molar-refractivity contribution in [1.29, 1.82) is 0 Å². The molecule has 1 atom stereocenters. The summed E-state index contributed by atoms with van der Waals surface area (Å²) < 4.78 is 6.54. The highest BCUT2D eigenvalue weighted by Crippen LogP contribution is 2.26. The molecule has 2 nitrogen and oxygen atoms in total. The fourth-order valence-electron chi connectivity index (χ4n) is 2.06. The van der Waals surface area contributed by atoms with Crippen molar-refractivity contribution >= 4 is 15.9 Å². The first-order chi connectivity index (χ1) is 8.67. The molecule has 102 valence electrons. The largest absolute Gasteiger partial charge is 0.493 e. The predicted octanol–water partition coefficient (Wildman–Crippen LogP) is 4.30. The zero-order valence-electron chi connectivity index (χ0n) is 11.4. The molecule has 2 N–H and O–H groups in total. The van der Waals surface area contributed by atoms with E-state index in [1.165, 1.54) is 12.0 Å². The van der Waals surface area contributed by atoms with Crippen molar-refractivity contribution in [3.63, 3.8) is 0 Å². The number of ether oxygens (including phenoxy) is 1. The Balaban J connectivity index is 2.41. The number of benzene rings is 1. The predicted molar refractivity (Wildman–Crippen MR) is 81.1 cm³/mol. The first kappa shape index (κ1) is 15.5. The van der Waals surface area contributed by atoms with Gasteiger partial charge in [0.15, 0.2) is 0 Å². The first-order valence-corrected chi connectivity index (χ1v) is 7.63. The molecule has 18 heavy (non-hydrogen) atoms. The van der Waals surface area contributed by atoms with Crippen LogP contribution in [-0.4, -0.2) is 12.6 Å². The number of rotatable bonds is 8. The fraction of sp³-hybridized carbons (Fsp3) is 0.600. The Hall–Kier alpha value is -0.540. The van der Waals surface area contributed by atoms with E-state index in [1.807, 2.05) is 13.0 Å². The molecule has 0 saturated heterocycles. The maximum atomic E-state index is 6.01. The zero-order chi connectivity index (χ0) is 13.4. The molecule has 0 spiro atoms. The second-order valence-electron chi connectivity index (χ2n) is 4.64. The molecule has 0 heterocycles. The standard InChI is InChI=1S/C15H24BrNO/c1-3-6-13(17)8-5-7-12-9-10-15(18-4-2)14(16)11-12/h9-11,13H,3-8,17H2,1-2H3. The van der Waals surface area contributed by atoms with Gasteiger partial charge < -0.3 is 10.5 Å². The third kappa shape index (κ3) is 5.40. The average molecular weight is 314 g/mol. The molecule has 1 unspecified atom stereocenters. The van der Waals surface area contributed by atoms with Crippen LogP contribution in [0.4, 0.5) is 0 Å². The van der Waals surface area contributed by atoms with Gasteiger partial charge in [0.2, 0.25) is 0 Å². The highest BCUT2D eigenvalue weighted by molar-refractivity contribution is 9.10. The number of aryl methyl sites for hydroxylation is 1. The summed E-state index contributed by atoms with van der Waals surface area (Å²) in [5, 5.41) is 0. The molecule has 1 aromatic carbocycles. The van der Waals surface area contributed by atoms with Gasteiger partial charge in [-0.2, -0.15) is 0 Å². The third-order valence-electron chi connectivity index (χ3n) is 3.00. The number of hydrogen-bond acceptors (Lipinski definition) is 2. The smallest absolute Gasteiger partial charge is 0.133 e. The molecular formula is C15H24BrNO. The Labute approximate surface area is 119 Å². The lowest BCUT2D eigenvalue weighted by Gasteiger charge is -2.11. The van der Waals surface area contributed by atoms with Gasteiger partial charge in [-0.15, -0.1) is 0 Å². The lowest BCUT2D eigenvalue weighted by molar-refractivity contribution is 0.338. The minimum Gasteiger partial charge on any atom is -0.493 e. The van der Waals surface area contributed by atoms with Gasteiger partial charge in [-0.25, -0.2) is 0 Å². The molecule has 0 aliphatic rings. The van der Waals surface area contributed by atoms with E-state index >= 15 is 0 Å². The van der Waals surface area contributed by atoms with Crippen LogP contribution in [-0.2, 0) is 6.42 Å². The van der Waals surface area contributed by atoms with Crippen LogP contribution in [0.3, 0.4) is 0 Å². The summed E-state index contributed by atoms with van der Waals surface area (Å²) in [6.07, 6.45) is 5.66. The zero-order valence-corrected chi connectivity index (χ0v) is 13.0. The second kappa shape index (κ2) is 8.54. The van der Waals surface area contributed by atoms with Gasteiger partial charge in [0.05, 0.1) is 11.1 Å². The molecule has 0 aliphatic heterocycles. The van der Waals surface area contributed by atoms with Crippen molar-refractivity contribution in [3.8, 4) is 5.75 Å². The summed E-state index contributed by atoms with van der Waals surface area (Å²) in [5.41, 5.74) is 7.35. The molecular weight excluding hydrogens is 290 g/mol. The van der Waals surface area contributed by atoms with Gasteiger partial charge in [-0.3, -0.25) is 0 Å². The van der Waals surface area contributed by atoms with Crippen LogP contribution in [0, 0.1) is 0 Å². The highest BCUT2D eigenvalue weighted by Gasteiger charge is 2.04. The van der Waals surface area contributed by atoms with Crippen LogP contribution >= 0.6 is 15.9 Å². The van der Waals surface area contributed by atoms with Crippen molar-refractivity contribution < 1.29 is 4.74 Å². The van der Waals surface area contributed by atoms with Gasteiger partial charge in [0, 0.05) is 6.04 Å². The van der Waals surface area contributed by atoms with E-state index in [-0.39, 0.29) is 0 Å². The molecule has 0 bridgehead atoms. The van der Waals surface area contributed by atoms with Crippen LogP contribution in [0.1, 0.15) is 45.1 Å². The fourth-order valence-corrected chi connectivity index (χ4v) is 2.60. The van der Waals surface area contributed by atoms with Crippen LogP contribution in [0.5, 0.6) is 5.75 Å². The van der Waals surface area contributed by atoms with E-state index in [0.29, 0.717) is 12.6 Å². The normalized spacial score (nSPS) is 12.4. The number of nitrogens with two attached hydrogens (primary N) is 1. The Bertz CT molecular complexity index is 354. The van der Waals surface area contributed by atoms with Crippen LogP contribution < -0.4 is 10.5 Å². The minimum absolute atomic E-state index is 0.362. The van der Waals surface area contributed by atoms with Crippen LogP contribution in [0.25, 0.3) is 0 Å². The minimum atomic E-state index is 0.362. The summed E-state index contributed by atoms with van der Waals surface area (Å²) >= 11 is 3.54. The molecule has 0 aromatic heterocycles. The van der Waals surface area contributed by atoms with Crippen molar-refractivity contribution in [1.82, 2.24) is 0 Å². The molecule has 0 saturated carbocycles. The molecule has 0 aliphatic carbocycles. The molecule has 0 radical (unpaired) electrons. The van der Waals surface area contributed by atoms with E-state index in [0.717, 1.165) is 35.9 Å². The summed E-state index contributed by atoms with van der Waals surface area (Å²) in [5.74, 6) is 0.920. The quantitative estimate of drug-likeness (QED) is 0.776. The van der Waals surface area contributed by atoms with Gasteiger partial charge >= 0.3 is 0 Å². The van der Waals surface area contributed by atoms with Crippen LogP contribution in [0.15, 0.2) is 22.7 Å². The molecule has 3 heteroatoms. The van der Waals surface area contributed by atoms with Crippen molar-refractivity contribution in [3.05, 3.63) is 28.2 Å². The molecule has 1 rings (SSSR count). The Kier molecular flexibility index (Phi) is 7.36. The lowest BCUT2D eigenvalue weighted by Crippen LogP contribution is -2.19. The van der Waals surface area contributed by atoms with Gasteiger partial charge in [0.1, 0.15) is 5.75 Å². The Morgan fingerprint density at radius 1 is 1.28 bits per heavy atom. The lowest BCUT2D eigenvalue weighted by atomic mass is 10.0. The van der Waals surface area contributed by atoms with E-state index < -0.39 is 0 Å². The highest BCUT2D eigenvalue weighted by atomic mass is 79.9. The maximum absolute atomic E-state index is 6.01. The number of halogens is 1. The molecule has 0 fully saturated rings. The summed E-state index contributed by atoms with van der Waals surface area (Å²) in [4.78, 5) is 0. The van der Waals surface area contributed by atoms with Crippen molar-refractivity contribution in [2.24, 2.45) is 5.73 Å².